The quantitative estimate of drug-likeness (QED) is 0.628. The van der Waals surface area contributed by atoms with Crippen molar-refractivity contribution in [3.63, 3.8) is 0 Å². The number of benzene rings is 1. The first-order valence-electron chi connectivity index (χ1n) is 6.93. The van der Waals surface area contributed by atoms with Crippen molar-refractivity contribution in [1.29, 1.82) is 0 Å². The van der Waals surface area contributed by atoms with Crippen molar-refractivity contribution in [2.45, 2.75) is 13.8 Å². The van der Waals surface area contributed by atoms with E-state index in [0.717, 1.165) is 10.9 Å². The molecule has 0 aliphatic carbocycles. The normalized spacial score (nSPS) is 18.0. The van der Waals surface area contributed by atoms with E-state index in [1.54, 1.807) is 6.20 Å². The lowest BCUT2D eigenvalue weighted by Gasteiger charge is -2.33. The number of nitrogens with zero attached hydrogens (tertiary/aromatic N) is 1. The number of fused-ring (bicyclic) bond motifs is 1. The number of hydrogen-bond donors (Lipinski definition) is 0. The van der Waals surface area contributed by atoms with E-state index in [1.165, 1.54) is 7.11 Å². The topological polar surface area (TPSA) is 49.7 Å². The van der Waals surface area contributed by atoms with Gasteiger partial charge in [0.25, 0.3) is 0 Å². The van der Waals surface area contributed by atoms with Gasteiger partial charge >= 0.3 is 13.2 Å². The number of esters is 1. The predicted molar refractivity (Wildman–Crippen MR) is 80.1 cm³/mol. The summed E-state index contributed by atoms with van der Waals surface area (Å²) >= 11 is 0. The molecule has 0 bridgehead atoms. The van der Waals surface area contributed by atoms with E-state index >= 15 is 0 Å². The Balaban J connectivity index is 2.01. The molecule has 0 spiro atoms. The summed E-state index contributed by atoms with van der Waals surface area (Å²) < 4.78 is 18.3. The zero-order valence-electron chi connectivity index (χ0n) is 12.5. The van der Waals surface area contributed by atoms with Crippen LogP contribution >= 0.6 is 0 Å². The van der Waals surface area contributed by atoms with Crippen LogP contribution in [0.5, 0.6) is 0 Å². The molecule has 21 heavy (non-hydrogen) atoms. The number of hydrogen-bond acceptors (Lipinski definition) is 4. The number of methoxy groups -OCH3 is 1. The molecule has 0 atom stereocenters. The molecule has 0 radical (unpaired) electrons. The van der Waals surface area contributed by atoms with Crippen molar-refractivity contribution in [2.75, 3.05) is 20.3 Å². The van der Waals surface area contributed by atoms with Crippen LogP contribution in [0.2, 0.25) is 0 Å². The molecule has 1 saturated heterocycles. The van der Waals surface area contributed by atoms with Crippen molar-refractivity contribution in [3.05, 3.63) is 36.0 Å². The molecule has 2 heterocycles. The Kier molecular flexibility index (Phi) is 3.51. The van der Waals surface area contributed by atoms with Crippen LogP contribution in [0, 0.1) is 5.41 Å². The van der Waals surface area contributed by atoms with Crippen LogP contribution < -0.4 is 0 Å². The fourth-order valence-electron chi connectivity index (χ4n) is 2.50. The number of ether oxygens (including phenoxy) is 1. The van der Waals surface area contributed by atoms with Crippen LogP contribution in [0.1, 0.15) is 24.2 Å². The van der Waals surface area contributed by atoms with E-state index in [9.17, 15) is 4.79 Å². The lowest BCUT2D eigenvalue weighted by Crippen LogP contribution is -2.44. The van der Waals surface area contributed by atoms with Crippen molar-refractivity contribution in [3.8, 4) is 0 Å². The van der Waals surface area contributed by atoms with Crippen molar-refractivity contribution < 1.29 is 18.8 Å². The van der Waals surface area contributed by atoms with Crippen LogP contribution in [-0.4, -0.2) is 38.0 Å². The summed E-state index contributed by atoms with van der Waals surface area (Å²) in [5.74, 6) is -0.360. The van der Waals surface area contributed by atoms with Gasteiger partial charge < -0.3 is 18.5 Å². The third-order valence-corrected chi connectivity index (χ3v) is 3.61. The molecule has 1 aliphatic heterocycles. The lowest BCUT2D eigenvalue weighted by molar-refractivity contribution is 0.0246. The monoisotopic (exact) mass is 287 g/mol. The highest BCUT2D eigenvalue weighted by Gasteiger charge is 2.35. The zero-order chi connectivity index (χ0) is 15.0. The maximum atomic E-state index is 11.9. The summed E-state index contributed by atoms with van der Waals surface area (Å²) in [6, 6.07) is 7.65. The molecule has 0 amide bonds. The SMILES string of the molecule is COC(=O)c1cn(B2OCC(C)(C)CO2)c2ccccc12. The van der Waals surface area contributed by atoms with E-state index in [0.29, 0.717) is 18.8 Å². The Hall–Kier alpha value is -1.79. The van der Waals surface area contributed by atoms with Gasteiger partial charge in [-0.2, -0.15) is 0 Å². The second kappa shape index (κ2) is 5.20. The summed E-state index contributed by atoms with van der Waals surface area (Å²) in [6.07, 6.45) is 1.74. The number of carbonyl (C=O) groups is 1. The zero-order valence-corrected chi connectivity index (χ0v) is 12.5. The van der Waals surface area contributed by atoms with Crippen LogP contribution in [0.3, 0.4) is 0 Å². The van der Waals surface area contributed by atoms with Gasteiger partial charge in [-0.1, -0.05) is 32.0 Å². The molecule has 0 unspecified atom stereocenters. The van der Waals surface area contributed by atoms with Crippen molar-refractivity contribution in [1.82, 2.24) is 4.48 Å². The Labute approximate surface area is 123 Å². The van der Waals surface area contributed by atoms with Crippen LogP contribution in [0.25, 0.3) is 10.9 Å². The Morgan fingerprint density at radius 1 is 1.29 bits per heavy atom. The average molecular weight is 287 g/mol. The van der Waals surface area contributed by atoms with Gasteiger partial charge in [-0.3, -0.25) is 0 Å². The smallest absolute Gasteiger partial charge is 0.465 e. The second-order valence-corrected chi connectivity index (χ2v) is 6.05. The maximum Gasteiger partial charge on any atom is 0.597 e. The van der Waals surface area contributed by atoms with Crippen LogP contribution in [-0.2, 0) is 14.0 Å². The van der Waals surface area contributed by atoms with Gasteiger partial charge in [-0.15, -0.1) is 0 Å². The van der Waals surface area contributed by atoms with Crippen molar-refractivity contribution >= 4 is 24.1 Å². The average Bonchev–Trinajstić information content (AvgIpc) is 2.86. The maximum absolute atomic E-state index is 11.9. The molecule has 1 aliphatic rings. The summed E-state index contributed by atoms with van der Waals surface area (Å²) in [5.41, 5.74) is 1.41. The molecular weight excluding hydrogens is 269 g/mol. The fourth-order valence-corrected chi connectivity index (χ4v) is 2.50. The summed E-state index contributed by atoms with van der Waals surface area (Å²) in [6.45, 7) is 5.41. The Morgan fingerprint density at radius 3 is 2.62 bits per heavy atom. The first-order chi connectivity index (χ1) is 10.0. The Morgan fingerprint density at radius 2 is 1.95 bits per heavy atom. The van der Waals surface area contributed by atoms with Gasteiger partial charge in [0, 0.05) is 35.7 Å². The molecule has 0 N–H and O–H groups in total. The highest BCUT2D eigenvalue weighted by atomic mass is 16.6. The lowest BCUT2D eigenvalue weighted by atomic mass is 9.91. The van der Waals surface area contributed by atoms with Gasteiger partial charge in [-0.05, 0) is 6.07 Å². The van der Waals surface area contributed by atoms with E-state index in [4.69, 9.17) is 14.0 Å². The molecule has 6 heteroatoms. The van der Waals surface area contributed by atoms with Crippen LogP contribution in [0.15, 0.2) is 30.5 Å². The minimum absolute atomic E-state index is 0.00460. The molecule has 0 saturated carbocycles. The largest absolute Gasteiger partial charge is 0.597 e. The van der Waals surface area contributed by atoms with Crippen LogP contribution in [0.4, 0.5) is 0 Å². The number of aromatic nitrogens is 1. The first kappa shape index (κ1) is 14.2. The predicted octanol–water partition coefficient (Wildman–Crippen LogP) is 2.33. The minimum Gasteiger partial charge on any atom is -0.465 e. The molecule has 110 valence electrons. The highest BCUT2D eigenvalue weighted by Crippen LogP contribution is 2.27. The molecule has 3 rings (SSSR count). The highest BCUT2D eigenvalue weighted by molar-refractivity contribution is 6.44. The fraction of sp³-hybridized carbons (Fsp3) is 0.400. The van der Waals surface area contributed by atoms with Gasteiger partial charge in [-0.25, -0.2) is 4.79 Å². The van der Waals surface area contributed by atoms with E-state index in [-0.39, 0.29) is 11.4 Å². The van der Waals surface area contributed by atoms with E-state index < -0.39 is 7.25 Å². The third kappa shape index (κ3) is 2.56. The van der Waals surface area contributed by atoms with Gasteiger partial charge in [0.15, 0.2) is 0 Å². The van der Waals surface area contributed by atoms with E-state index in [1.807, 2.05) is 28.7 Å². The first-order valence-corrected chi connectivity index (χ1v) is 6.93. The molecule has 1 fully saturated rings. The molecule has 1 aromatic carbocycles. The molecule has 1 aromatic heterocycles. The molecule has 5 nitrogen and oxygen atoms in total. The van der Waals surface area contributed by atoms with Gasteiger partial charge in [0.05, 0.1) is 12.7 Å². The van der Waals surface area contributed by atoms with Crippen molar-refractivity contribution in [2.24, 2.45) is 5.41 Å². The minimum atomic E-state index is -0.513. The standard InChI is InChI=1S/C15H18BNO4/c1-15(2)9-20-16(21-10-15)17-8-12(14(18)19-3)11-6-4-5-7-13(11)17/h4-8H,9-10H2,1-3H3. The number of para-hydroxylation sites is 1. The summed E-state index contributed by atoms with van der Waals surface area (Å²) in [5, 5.41) is 0.835. The number of carbonyl (C=O) groups excluding carboxylic acids is 1. The summed E-state index contributed by atoms with van der Waals surface area (Å²) in [7, 11) is 0.867. The van der Waals surface area contributed by atoms with Gasteiger partial charge in [0.2, 0.25) is 0 Å². The Bertz CT molecular complexity index is 669. The third-order valence-electron chi connectivity index (χ3n) is 3.61. The van der Waals surface area contributed by atoms with E-state index in [2.05, 4.69) is 13.8 Å². The molecule has 2 aromatic rings. The number of rotatable bonds is 2. The summed E-state index contributed by atoms with van der Waals surface area (Å²) in [4.78, 5) is 11.9. The molecular formula is C15H18BNO4. The second-order valence-electron chi connectivity index (χ2n) is 6.05. The van der Waals surface area contributed by atoms with Gasteiger partial charge in [0.1, 0.15) is 0 Å².